The molecule has 0 saturated carbocycles. The summed E-state index contributed by atoms with van der Waals surface area (Å²) in [5.74, 6) is 0.753. The van der Waals surface area contributed by atoms with Crippen molar-refractivity contribution >= 4 is 26.9 Å². The molecule has 1 atom stereocenters. The number of nitriles is 1. The number of hydrogen-bond acceptors (Lipinski definition) is 7. The maximum absolute atomic E-state index is 11.5. The lowest BCUT2D eigenvalue weighted by Crippen LogP contribution is -2.47. The number of sulfonamides is 1. The first-order chi connectivity index (χ1) is 11.5. The second-order valence-electron chi connectivity index (χ2n) is 5.89. The van der Waals surface area contributed by atoms with Crippen LogP contribution >= 0.6 is 0 Å². The van der Waals surface area contributed by atoms with Gasteiger partial charge < -0.3 is 4.90 Å². The molecule has 1 N–H and O–H groups in total. The molecule has 0 amide bonds. The van der Waals surface area contributed by atoms with Crippen LogP contribution in [-0.4, -0.2) is 53.6 Å². The topological polar surface area (TPSA) is 117 Å². The predicted molar refractivity (Wildman–Crippen MR) is 88.8 cm³/mol. The van der Waals surface area contributed by atoms with Crippen molar-refractivity contribution < 1.29 is 8.42 Å². The third-order valence-corrected chi connectivity index (χ3v) is 4.71. The molecule has 0 aromatic carbocycles. The number of nitrogens with zero attached hydrogens (tertiary/aromatic N) is 6. The monoisotopic (exact) mass is 349 g/mol. The zero-order chi connectivity index (χ0) is 17.2. The van der Waals surface area contributed by atoms with Gasteiger partial charge in [-0.3, -0.25) is 0 Å². The van der Waals surface area contributed by atoms with Gasteiger partial charge in [-0.25, -0.2) is 27.8 Å². The van der Waals surface area contributed by atoms with E-state index in [4.69, 9.17) is 5.26 Å². The van der Waals surface area contributed by atoms with E-state index in [9.17, 15) is 8.42 Å². The lowest BCUT2D eigenvalue weighted by atomic mass is 10.1. The molecule has 2 aromatic rings. The Morgan fingerprint density at radius 3 is 3.04 bits per heavy atom. The van der Waals surface area contributed by atoms with Gasteiger partial charge in [0.05, 0.1) is 36.9 Å². The van der Waals surface area contributed by atoms with Crippen LogP contribution < -0.4 is 9.62 Å². The van der Waals surface area contributed by atoms with Gasteiger partial charge in [-0.05, 0) is 12.8 Å². The average molecular weight is 349 g/mol. The SMILES string of the molecule is CS(=O)(=O)N[C@H]1CCCN(c2ncnc3c2cnn3CCC#N)C1. The van der Waals surface area contributed by atoms with E-state index in [1.165, 1.54) is 12.6 Å². The number of nitrogens with one attached hydrogen (secondary N) is 1. The smallest absolute Gasteiger partial charge is 0.209 e. The predicted octanol–water partition coefficient (Wildman–Crippen LogP) is 0.258. The highest BCUT2D eigenvalue weighted by Gasteiger charge is 2.25. The molecule has 9 nitrogen and oxygen atoms in total. The number of piperidine rings is 1. The van der Waals surface area contributed by atoms with Gasteiger partial charge in [-0.15, -0.1) is 0 Å². The fourth-order valence-corrected chi connectivity index (χ4v) is 3.82. The van der Waals surface area contributed by atoms with E-state index in [0.29, 0.717) is 25.2 Å². The molecule has 2 aromatic heterocycles. The van der Waals surface area contributed by atoms with Gasteiger partial charge >= 0.3 is 0 Å². The molecule has 1 aliphatic heterocycles. The second kappa shape index (κ2) is 6.70. The van der Waals surface area contributed by atoms with Crippen molar-refractivity contribution in [1.29, 1.82) is 5.26 Å². The molecule has 1 saturated heterocycles. The van der Waals surface area contributed by atoms with Gasteiger partial charge in [0.25, 0.3) is 0 Å². The summed E-state index contributed by atoms with van der Waals surface area (Å²) in [6.07, 6.45) is 6.40. The lowest BCUT2D eigenvalue weighted by molar-refractivity contribution is 0.466. The molecule has 0 bridgehead atoms. The molecule has 128 valence electrons. The molecule has 1 fully saturated rings. The summed E-state index contributed by atoms with van der Waals surface area (Å²) in [5.41, 5.74) is 0.688. The summed E-state index contributed by atoms with van der Waals surface area (Å²) in [6.45, 7) is 1.84. The third kappa shape index (κ3) is 3.63. The van der Waals surface area contributed by atoms with Crippen molar-refractivity contribution in [3.63, 3.8) is 0 Å². The quantitative estimate of drug-likeness (QED) is 0.822. The van der Waals surface area contributed by atoms with Crippen LogP contribution in [0.5, 0.6) is 0 Å². The minimum absolute atomic E-state index is 0.132. The van der Waals surface area contributed by atoms with Gasteiger partial charge in [-0.2, -0.15) is 10.4 Å². The van der Waals surface area contributed by atoms with Crippen LogP contribution in [-0.2, 0) is 16.6 Å². The van der Waals surface area contributed by atoms with Gasteiger partial charge in [0.1, 0.15) is 12.1 Å². The van der Waals surface area contributed by atoms with E-state index in [2.05, 4.69) is 30.8 Å². The molecule has 0 aliphatic carbocycles. The standard InChI is InChI=1S/C14H19N7O2S/c1-24(22,23)19-11-4-2-6-20(9-11)13-12-8-18-21(7-3-5-15)14(12)17-10-16-13/h8,10-11,19H,2-4,6-7,9H2,1H3/t11-/m0/s1. The highest BCUT2D eigenvalue weighted by atomic mass is 32.2. The Kier molecular flexibility index (Phi) is 4.64. The molecule has 1 aliphatic rings. The Morgan fingerprint density at radius 1 is 1.46 bits per heavy atom. The molecule has 0 unspecified atom stereocenters. The van der Waals surface area contributed by atoms with Crippen LogP contribution in [0.15, 0.2) is 12.5 Å². The van der Waals surface area contributed by atoms with Crippen LogP contribution in [0.3, 0.4) is 0 Å². The normalized spacial score (nSPS) is 18.7. The first kappa shape index (κ1) is 16.6. The number of rotatable bonds is 5. The molecule has 10 heteroatoms. The summed E-state index contributed by atoms with van der Waals surface area (Å²) >= 11 is 0. The van der Waals surface area contributed by atoms with Crippen LogP contribution in [0.2, 0.25) is 0 Å². The number of aryl methyl sites for hydroxylation is 1. The van der Waals surface area contributed by atoms with E-state index in [1.54, 1.807) is 10.9 Å². The van der Waals surface area contributed by atoms with E-state index >= 15 is 0 Å². The Balaban J connectivity index is 1.86. The van der Waals surface area contributed by atoms with Crippen LogP contribution in [0.4, 0.5) is 5.82 Å². The van der Waals surface area contributed by atoms with Crippen molar-refractivity contribution in [1.82, 2.24) is 24.5 Å². The van der Waals surface area contributed by atoms with Crippen LogP contribution in [0.25, 0.3) is 11.0 Å². The number of aromatic nitrogens is 4. The number of hydrogen-bond donors (Lipinski definition) is 1. The summed E-state index contributed by atoms with van der Waals surface area (Å²) in [7, 11) is -3.23. The highest BCUT2D eigenvalue weighted by Crippen LogP contribution is 2.25. The number of fused-ring (bicyclic) bond motifs is 1. The van der Waals surface area contributed by atoms with Gasteiger partial charge in [0.15, 0.2) is 5.65 Å². The average Bonchev–Trinajstić information content (AvgIpc) is 2.94. The molecule has 0 spiro atoms. The lowest BCUT2D eigenvalue weighted by Gasteiger charge is -2.33. The first-order valence-electron chi connectivity index (χ1n) is 7.73. The van der Waals surface area contributed by atoms with Gasteiger partial charge in [-0.1, -0.05) is 0 Å². The van der Waals surface area contributed by atoms with Crippen molar-refractivity contribution in [3.8, 4) is 6.07 Å². The molecule has 0 radical (unpaired) electrons. The summed E-state index contributed by atoms with van der Waals surface area (Å²) in [6, 6.07) is 1.96. The molecule has 3 rings (SSSR count). The third-order valence-electron chi connectivity index (χ3n) is 3.95. The first-order valence-corrected chi connectivity index (χ1v) is 9.63. The maximum atomic E-state index is 11.5. The largest absolute Gasteiger partial charge is 0.354 e. The highest BCUT2D eigenvalue weighted by molar-refractivity contribution is 7.88. The summed E-state index contributed by atoms with van der Waals surface area (Å²) in [4.78, 5) is 10.7. The number of anilines is 1. The second-order valence-corrected chi connectivity index (χ2v) is 7.67. The Hall–Kier alpha value is -2.25. The van der Waals surface area contributed by atoms with Crippen LogP contribution in [0, 0.1) is 11.3 Å². The Morgan fingerprint density at radius 2 is 2.29 bits per heavy atom. The van der Waals surface area contributed by atoms with Crippen molar-refractivity contribution in [2.45, 2.75) is 31.8 Å². The van der Waals surface area contributed by atoms with Crippen molar-refractivity contribution in [3.05, 3.63) is 12.5 Å². The van der Waals surface area contributed by atoms with E-state index in [0.717, 1.165) is 30.6 Å². The van der Waals surface area contributed by atoms with Gasteiger partial charge in [0, 0.05) is 19.1 Å². The summed E-state index contributed by atoms with van der Waals surface area (Å²) in [5, 5.41) is 13.8. The van der Waals surface area contributed by atoms with Gasteiger partial charge in [0.2, 0.25) is 10.0 Å². The van der Waals surface area contributed by atoms with Crippen molar-refractivity contribution in [2.75, 3.05) is 24.2 Å². The molecular weight excluding hydrogens is 330 g/mol. The van der Waals surface area contributed by atoms with E-state index in [-0.39, 0.29) is 6.04 Å². The molecule has 24 heavy (non-hydrogen) atoms. The molecule has 3 heterocycles. The Bertz CT molecular complexity index is 871. The van der Waals surface area contributed by atoms with E-state index < -0.39 is 10.0 Å². The Labute approximate surface area is 140 Å². The fraction of sp³-hybridized carbons (Fsp3) is 0.571. The summed E-state index contributed by atoms with van der Waals surface area (Å²) < 4.78 is 27.3. The zero-order valence-corrected chi connectivity index (χ0v) is 14.2. The maximum Gasteiger partial charge on any atom is 0.209 e. The van der Waals surface area contributed by atoms with E-state index in [1.807, 2.05) is 0 Å². The zero-order valence-electron chi connectivity index (χ0n) is 13.4. The van der Waals surface area contributed by atoms with Crippen LogP contribution in [0.1, 0.15) is 19.3 Å². The fourth-order valence-electron chi connectivity index (χ4n) is 3.02. The van der Waals surface area contributed by atoms with Crippen molar-refractivity contribution in [2.24, 2.45) is 0 Å². The minimum atomic E-state index is -3.23. The minimum Gasteiger partial charge on any atom is -0.354 e. The molecular formula is C14H19N7O2S.